The first kappa shape index (κ1) is 17.1. The van der Waals surface area contributed by atoms with Gasteiger partial charge < -0.3 is 9.64 Å². The Labute approximate surface area is 142 Å². The summed E-state index contributed by atoms with van der Waals surface area (Å²) in [7, 11) is 0. The molecule has 3 rings (SSSR count). The van der Waals surface area contributed by atoms with Crippen LogP contribution in [0.15, 0.2) is 66.4 Å². The molecule has 0 aliphatic carbocycles. The molecule has 25 heavy (non-hydrogen) atoms. The summed E-state index contributed by atoms with van der Waals surface area (Å²) < 4.78 is 53.7. The molecule has 1 aliphatic heterocycles. The standard InChI is InChI=1S/C19H15F4NO/c1-13-10-11-24(16-6-4-15(20)5-7-16)12-18(13)14-2-8-17(9-3-14)25-19(21,22)23/h2-10,12H,11H2,1H3. The molecule has 0 radical (unpaired) electrons. The quantitative estimate of drug-likeness (QED) is 0.676. The highest BCUT2D eigenvalue weighted by Crippen LogP contribution is 2.31. The van der Waals surface area contributed by atoms with Crippen molar-refractivity contribution in [1.29, 1.82) is 0 Å². The van der Waals surface area contributed by atoms with Crippen molar-refractivity contribution < 1.29 is 22.3 Å². The van der Waals surface area contributed by atoms with Crippen molar-refractivity contribution in [2.24, 2.45) is 0 Å². The molecule has 0 saturated carbocycles. The Hall–Kier alpha value is -2.76. The third-order valence-corrected chi connectivity index (χ3v) is 3.86. The van der Waals surface area contributed by atoms with Crippen LogP contribution in [0.2, 0.25) is 0 Å². The molecule has 2 aromatic carbocycles. The van der Waals surface area contributed by atoms with Crippen LogP contribution >= 0.6 is 0 Å². The smallest absolute Gasteiger partial charge is 0.406 e. The Bertz CT molecular complexity index is 805. The number of hydrogen-bond donors (Lipinski definition) is 0. The molecule has 1 aliphatic rings. The normalized spacial score (nSPS) is 14.8. The molecule has 0 N–H and O–H groups in total. The summed E-state index contributed by atoms with van der Waals surface area (Å²) >= 11 is 0. The first-order chi connectivity index (χ1) is 11.8. The Morgan fingerprint density at radius 3 is 2.20 bits per heavy atom. The lowest BCUT2D eigenvalue weighted by molar-refractivity contribution is -0.274. The second kappa shape index (κ2) is 6.63. The average molecular weight is 349 g/mol. The molecule has 6 heteroatoms. The predicted molar refractivity (Wildman–Crippen MR) is 88.6 cm³/mol. The molecule has 0 fully saturated rings. The van der Waals surface area contributed by atoms with Gasteiger partial charge in [0.05, 0.1) is 0 Å². The van der Waals surface area contributed by atoms with Crippen LogP contribution in [-0.4, -0.2) is 12.9 Å². The van der Waals surface area contributed by atoms with Crippen LogP contribution in [0.25, 0.3) is 5.57 Å². The molecular formula is C19H15F4NO. The van der Waals surface area contributed by atoms with Crippen molar-refractivity contribution in [2.75, 3.05) is 11.4 Å². The number of halogens is 4. The van der Waals surface area contributed by atoms with E-state index in [0.717, 1.165) is 22.4 Å². The molecular weight excluding hydrogens is 334 g/mol. The largest absolute Gasteiger partial charge is 0.573 e. The lowest BCUT2D eigenvalue weighted by Crippen LogP contribution is -2.20. The van der Waals surface area contributed by atoms with Crippen LogP contribution in [0, 0.1) is 5.82 Å². The Kier molecular flexibility index (Phi) is 4.53. The van der Waals surface area contributed by atoms with Gasteiger partial charge in [0.1, 0.15) is 11.6 Å². The maximum absolute atomic E-state index is 13.1. The summed E-state index contributed by atoms with van der Waals surface area (Å²) in [6, 6.07) is 11.9. The molecule has 0 bridgehead atoms. The van der Waals surface area contributed by atoms with E-state index in [9.17, 15) is 17.6 Å². The van der Waals surface area contributed by atoms with Gasteiger partial charge in [-0.2, -0.15) is 0 Å². The zero-order chi connectivity index (χ0) is 18.0. The maximum atomic E-state index is 13.1. The monoisotopic (exact) mass is 349 g/mol. The Balaban J connectivity index is 1.86. The van der Waals surface area contributed by atoms with Gasteiger partial charge in [0.2, 0.25) is 0 Å². The van der Waals surface area contributed by atoms with Gasteiger partial charge >= 0.3 is 6.36 Å². The lowest BCUT2D eigenvalue weighted by atomic mass is 9.97. The van der Waals surface area contributed by atoms with Gasteiger partial charge in [0, 0.05) is 24.0 Å². The minimum absolute atomic E-state index is 0.260. The highest BCUT2D eigenvalue weighted by Gasteiger charge is 2.31. The molecule has 2 nitrogen and oxygen atoms in total. The Morgan fingerprint density at radius 2 is 1.60 bits per heavy atom. The maximum Gasteiger partial charge on any atom is 0.573 e. The highest BCUT2D eigenvalue weighted by molar-refractivity contribution is 5.82. The predicted octanol–water partition coefficient (Wildman–Crippen LogP) is 5.53. The topological polar surface area (TPSA) is 12.5 Å². The van der Waals surface area contributed by atoms with E-state index >= 15 is 0 Å². The molecule has 0 aromatic heterocycles. The van der Waals surface area contributed by atoms with Crippen molar-refractivity contribution in [3.05, 3.63) is 77.8 Å². The third kappa shape index (κ3) is 4.21. The van der Waals surface area contributed by atoms with Crippen molar-refractivity contribution >= 4 is 11.3 Å². The fourth-order valence-electron chi connectivity index (χ4n) is 2.61. The number of alkyl halides is 3. The van der Waals surface area contributed by atoms with Gasteiger partial charge in [-0.05, 0) is 54.5 Å². The fraction of sp³-hybridized carbons (Fsp3) is 0.158. The number of allylic oxidation sites excluding steroid dienone is 2. The molecule has 1 heterocycles. The van der Waals surface area contributed by atoms with Crippen LogP contribution in [0.4, 0.5) is 23.2 Å². The molecule has 130 valence electrons. The second-order valence-electron chi connectivity index (χ2n) is 5.63. The summed E-state index contributed by atoms with van der Waals surface area (Å²) in [5, 5.41) is 0. The van der Waals surface area contributed by atoms with Crippen molar-refractivity contribution in [1.82, 2.24) is 0 Å². The van der Waals surface area contributed by atoms with Crippen LogP contribution in [-0.2, 0) is 0 Å². The van der Waals surface area contributed by atoms with Crippen LogP contribution < -0.4 is 9.64 Å². The van der Waals surface area contributed by atoms with E-state index in [2.05, 4.69) is 4.74 Å². The van der Waals surface area contributed by atoms with Crippen molar-refractivity contribution in [3.8, 4) is 5.75 Å². The van der Waals surface area contributed by atoms with E-state index in [4.69, 9.17) is 0 Å². The minimum Gasteiger partial charge on any atom is -0.406 e. The van der Waals surface area contributed by atoms with Crippen LogP contribution in [0.1, 0.15) is 12.5 Å². The van der Waals surface area contributed by atoms with Gasteiger partial charge in [-0.1, -0.05) is 18.2 Å². The number of hydrogen-bond acceptors (Lipinski definition) is 2. The molecule has 0 atom stereocenters. The fourth-order valence-corrected chi connectivity index (χ4v) is 2.61. The van der Waals surface area contributed by atoms with Gasteiger partial charge in [0.15, 0.2) is 0 Å². The number of ether oxygens (including phenoxy) is 1. The molecule has 0 unspecified atom stereocenters. The summed E-state index contributed by atoms with van der Waals surface area (Å²) in [5.41, 5.74) is 3.51. The first-order valence-corrected chi connectivity index (χ1v) is 7.59. The summed E-state index contributed by atoms with van der Waals surface area (Å²) in [6.07, 6.45) is -0.790. The van der Waals surface area contributed by atoms with E-state index < -0.39 is 6.36 Å². The van der Waals surface area contributed by atoms with Gasteiger partial charge in [0.25, 0.3) is 0 Å². The van der Waals surface area contributed by atoms with E-state index in [0.29, 0.717) is 6.54 Å². The molecule has 0 amide bonds. The lowest BCUT2D eigenvalue weighted by Gasteiger charge is -2.26. The Morgan fingerprint density at radius 1 is 0.960 bits per heavy atom. The summed E-state index contributed by atoms with van der Waals surface area (Å²) in [4.78, 5) is 1.95. The summed E-state index contributed by atoms with van der Waals surface area (Å²) in [6.45, 7) is 2.57. The summed E-state index contributed by atoms with van der Waals surface area (Å²) in [5.74, 6) is -0.568. The number of benzene rings is 2. The van der Waals surface area contributed by atoms with E-state index in [1.165, 1.54) is 24.3 Å². The molecule has 0 spiro atoms. The zero-order valence-corrected chi connectivity index (χ0v) is 13.3. The highest BCUT2D eigenvalue weighted by atomic mass is 19.4. The molecule has 0 saturated heterocycles. The van der Waals surface area contributed by atoms with Crippen LogP contribution in [0.5, 0.6) is 5.75 Å². The van der Waals surface area contributed by atoms with Crippen LogP contribution in [0.3, 0.4) is 0 Å². The van der Waals surface area contributed by atoms with Gasteiger partial charge in [-0.15, -0.1) is 13.2 Å². The zero-order valence-electron chi connectivity index (χ0n) is 13.3. The SMILES string of the molecule is CC1=CCN(c2ccc(F)cc2)C=C1c1ccc(OC(F)(F)F)cc1. The number of rotatable bonds is 3. The minimum atomic E-state index is -4.71. The van der Waals surface area contributed by atoms with Crippen molar-refractivity contribution in [3.63, 3.8) is 0 Å². The average Bonchev–Trinajstić information content (AvgIpc) is 2.56. The van der Waals surface area contributed by atoms with Crippen molar-refractivity contribution in [2.45, 2.75) is 13.3 Å². The first-order valence-electron chi connectivity index (χ1n) is 7.59. The van der Waals surface area contributed by atoms with E-state index in [1.807, 2.05) is 24.1 Å². The third-order valence-electron chi connectivity index (χ3n) is 3.86. The van der Waals surface area contributed by atoms with E-state index in [-0.39, 0.29) is 11.6 Å². The van der Waals surface area contributed by atoms with Gasteiger partial charge in [-0.3, -0.25) is 0 Å². The van der Waals surface area contributed by atoms with E-state index in [1.54, 1.807) is 24.3 Å². The number of anilines is 1. The van der Waals surface area contributed by atoms with Gasteiger partial charge in [-0.25, -0.2) is 4.39 Å². The number of nitrogens with zero attached hydrogens (tertiary/aromatic N) is 1. The molecule has 2 aromatic rings. The second-order valence-corrected chi connectivity index (χ2v) is 5.63.